The molecule has 208 valence electrons. The lowest BCUT2D eigenvalue weighted by atomic mass is 9.87. The van der Waals surface area contributed by atoms with E-state index in [0.29, 0.717) is 12.1 Å². The Morgan fingerprint density at radius 2 is 1.56 bits per heavy atom. The number of amides is 1. The summed E-state index contributed by atoms with van der Waals surface area (Å²) in [7, 11) is 0. The van der Waals surface area contributed by atoms with E-state index in [0.717, 1.165) is 11.6 Å². The van der Waals surface area contributed by atoms with Crippen LogP contribution in [-0.2, 0) is 17.1 Å². The quantitative estimate of drug-likeness (QED) is 0.439. The molecule has 0 unspecified atom stereocenters. The summed E-state index contributed by atoms with van der Waals surface area (Å²) in [5, 5.41) is 0. The number of aromatic amines is 2. The van der Waals surface area contributed by atoms with Crippen molar-refractivity contribution in [3.05, 3.63) is 103 Å². The molecule has 2 heterocycles. The number of nitrogens with one attached hydrogen (secondary N) is 2. The van der Waals surface area contributed by atoms with Crippen LogP contribution in [0.5, 0.6) is 0 Å². The van der Waals surface area contributed by atoms with Crippen LogP contribution in [0.15, 0.2) is 64.2 Å². The molecule has 3 atom stereocenters. The molecule has 0 bridgehead atoms. The van der Waals surface area contributed by atoms with Crippen molar-refractivity contribution >= 4 is 5.91 Å². The number of halogens is 6. The Bertz CT molecular complexity index is 1390. The molecule has 0 aliphatic carbocycles. The summed E-state index contributed by atoms with van der Waals surface area (Å²) < 4.78 is 86.2. The summed E-state index contributed by atoms with van der Waals surface area (Å²) in [4.78, 5) is 42.0. The first-order valence-corrected chi connectivity index (χ1v) is 11.8. The summed E-state index contributed by atoms with van der Waals surface area (Å²) in [6.45, 7) is 1.53. The van der Waals surface area contributed by atoms with E-state index in [1.807, 2.05) is 4.98 Å². The summed E-state index contributed by atoms with van der Waals surface area (Å²) in [5.41, 5.74) is -4.25. The second-order valence-electron chi connectivity index (χ2n) is 9.21. The first-order valence-electron chi connectivity index (χ1n) is 11.8. The topological polar surface area (TPSA) is 95.3 Å². The zero-order chi connectivity index (χ0) is 28.5. The average Bonchev–Trinajstić information content (AvgIpc) is 2.87. The third-order valence-corrected chi connectivity index (χ3v) is 6.51. The van der Waals surface area contributed by atoms with Crippen LogP contribution in [0.2, 0.25) is 0 Å². The van der Waals surface area contributed by atoms with Crippen molar-refractivity contribution < 1.29 is 35.9 Å². The minimum absolute atomic E-state index is 0.0610. The largest absolute Gasteiger partial charge is 0.416 e. The van der Waals surface area contributed by atoms with Crippen molar-refractivity contribution in [2.24, 2.45) is 0 Å². The number of rotatable bonds is 5. The third-order valence-electron chi connectivity index (χ3n) is 6.51. The van der Waals surface area contributed by atoms with E-state index in [1.54, 1.807) is 30.3 Å². The Morgan fingerprint density at radius 1 is 0.949 bits per heavy atom. The van der Waals surface area contributed by atoms with Crippen LogP contribution in [0.25, 0.3) is 0 Å². The van der Waals surface area contributed by atoms with Crippen LogP contribution in [0.3, 0.4) is 0 Å². The van der Waals surface area contributed by atoms with Crippen LogP contribution in [0.1, 0.15) is 58.1 Å². The first kappa shape index (κ1) is 28.1. The van der Waals surface area contributed by atoms with Crippen molar-refractivity contribution in [1.29, 1.82) is 0 Å². The van der Waals surface area contributed by atoms with Gasteiger partial charge in [-0.15, -0.1) is 0 Å². The lowest BCUT2D eigenvalue weighted by Gasteiger charge is -2.40. The van der Waals surface area contributed by atoms with Crippen molar-refractivity contribution in [1.82, 2.24) is 14.9 Å². The number of carbonyl (C=O) groups is 1. The fraction of sp³-hybridized carbons (Fsp3) is 0.346. The van der Waals surface area contributed by atoms with E-state index in [9.17, 15) is 40.7 Å². The van der Waals surface area contributed by atoms with Crippen molar-refractivity contribution in [2.75, 3.05) is 13.1 Å². The molecule has 2 aromatic carbocycles. The lowest BCUT2D eigenvalue weighted by molar-refractivity contribution is -0.143. The molecule has 1 fully saturated rings. The Labute approximate surface area is 217 Å². The molecule has 3 aromatic rings. The molecule has 1 amide bonds. The molecular formula is C26H23F6N3O4. The van der Waals surface area contributed by atoms with Gasteiger partial charge < -0.3 is 14.6 Å². The Kier molecular flexibility index (Phi) is 7.73. The standard InChI is InChI=1S/C26H23F6N3O4/c1-14(16-9-17(25(27,28)29)11-18(10-16)26(30,31)32)39-21-7-8-35(13-19(21)15-5-3-2-4-6-15)23(37)20-12-22(36)34-24(38)33-20/h2-6,9-12,14,19,21H,7-8,13H2,1H3,(H2,33,34,36,38)/t14-,19+,21+/m1/s1. The highest BCUT2D eigenvalue weighted by Crippen LogP contribution is 2.39. The number of likely N-dealkylation sites (tertiary alicyclic amines) is 1. The number of piperidine rings is 1. The number of aromatic nitrogens is 2. The van der Waals surface area contributed by atoms with E-state index in [4.69, 9.17) is 4.74 Å². The van der Waals surface area contributed by atoms with Gasteiger partial charge in [-0.2, -0.15) is 26.3 Å². The Morgan fingerprint density at radius 3 is 2.13 bits per heavy atom. The molecule has 7 nitrogen and oxygen atoms in total. The van der Waals surface area contributed by atoms with Crippen LogP contribution >= 0.6 is 0 Å². The number of alkyl halides is 6. The predicted molar refractivity (Wildman–Crippen MR) is 127 cm³/mol. The van der Waals surface area contributed by atoms with E-state index >= 15 is 0 Å². The van der Waals surface area contributed by atoms with Crippen LogP contribution < -0.4 is 11.2 Å². The minimum Gasteiger partial charge on any atom is -0.370 e. The molecular weight excluding hydrogens is 532 g/mol. The summed E-state index contributed by atoms with van der Waals surface area (Å²) >= 11 is 0. The van der Waals surface area contributed by atoms with Gasteiger partial charge in [-0.05, 0) is 42.7 Å². The van der Waals surface area contributed by atoms with Gasteiger partial charge in [-0.25, -0.2) is 4.79 Å². The first-order chi connectivity index (χ1) is 18.2. The summed E-state index contributed by atoms with van der Waals surface area (Å²) in [5.74, 6) is -1.12. The number of benzene rings is 2. The molecule has 13 heteroatoms. The Hall–Kier alpha value is -3.87. The highest BCUT2D eigenvalue weighted by molar-refractivity contribution is 5.92. The number of H-pyrrole nitrogens is 2. The predicted octanol–water partition coefficient (Wildman–Crippen LogP) is 4.88. The van der Waals surface area contributed by atoms with Gasteiger partial charge in [-0.1, -0.05) is 30.3 Å². The number of carbonyl (C=O) groups excluding carboxylic acids is 1. The van der Waals surface area contributed by atoms with Crippen molar-refractivity contribution in [3.63, 3.8) is 0 Å². The molecule has 2 N–H and O–H groups in total. The van der Waals surface area contributed by atoms with Crippen molar-refractivity contribution in [3.8, 4) is 0 Å². The fourth-order valence-corrected chi connectivity index (χ4v) is 4.61. The molecule has 1 aromatic heterocycles. The van der Waals surface area contributed by atoms with Crippen LogP contribution in [0.4, 0.5) is 26.3 Å². The second kappa shape index (κ2) is 10.7. The van der Waals surface area contributed by atoms with Gasteiger partial charge in [0, 0.05) is 25.1 Å². The zero-order valence-electron chi connectivity index (χ0n) is 20.4. The summed E-state index contributed by atoms with van der Waals surface area (Å²) in [6, 6.07) is 11.1. The van der Waals surface area contributed by atoms with E-state index < -0.39 is 58.8 Å². The zero-order valence-corrected chi connectivity index (χ0v) is 20.4. The maximum Gasteiger partial charge on any atom is 0.416 e. The molecule has 39 heavy (non-hydrogen) atoms. The highest BCUT2D eigenvalue weighted by atomic mass is 19.4. The highest BCUT2D eigenvalue weighted by Gasteiger charge is 2.39. The monoisotopic (exact) mass is 555 g/mol. The maximum atomic E-state index is 13.4. The van der Waals surface area contributed by atoms with Crippen LogP contribution in [0, 0.1) is 0 Å². The van der Waals surface area contributed by atoms with Gasteiger partial charge in [0.1, 0.15) is 5.69 Å². The van der Waals surface area contributed by atoms with Gasteiger partial charge >= 0.3 is 18.0 Å². The lowest BCUT2D eigenvalue weighted by Crippen LogP contribution is -2.46. The molecule has 1 saturated heterocycles. The molecule has 1 aliphatic heterocycles. The molecule has 1 aliphatic rings. The smallest absolute Gasteiger partial charge is 0.370 e. The molecule has 0 saturated carbocycles. The van der Waals surface area contributed by atoms with E-state index in [2.05, 4.69) is 4.98 Å². The number of hydrogen-bond donors (Lipinski definition) is 2. The molecule has 4 rings (SSSR count). The molecule has 0 spiro atoms. The summed E-state index contributed by atoms with van der Waals surface area (Å²) in [6.07, 6.45) is -11.6. The van der Waals surface area contributed by atoms with Gasteiger partial charge in [-0.3, -0.25) is 14.6 Å². The van der Waals surface area contributed by atoms with Gasteiger partial charge in [0.05, 0.1) is 23.3 Å². The molecule has 0 radical (unpaired) electrons. The van der Waals surface area contributed by atoms with Gasteiger partial charge in [0.2, 0.25) is 0 Å². The van der Waals surface area contributed by atoms with Gasteiger partial charge in [0.25, 0.3) is 11.5 Å². The normalized spacial score (nSPS) is 19.1. The fourth-order valence-electron chi connectivity index (χ4n) is 4.61. The average molecular weight is 555 g/mol. The van der Waals surface area contributed by atoms with Gasteiger partial charge in [0.15, 0.2) is 0 Å². The Balaban J connectivity index is 1.62. The SMILES string of the molecule is C[C@@H](O[C@H]1CCN(C(=O)c2cc(=O)[nH]c(=O)[nH]2)C[C@H]1c1ccccc1)c1cc(C(F)(F)F)cc(C(F)(F)F)c1. The third kappa shape index (κ3) is 6.59. The number of ether oxygens (including phenoxy) is 1. The number of nitrogens with zero attached hydrogens (tertiary/aromatic N) is 1. The van der Waals surface area contributed by atoms with Crippen LogP contribution in [-0.4, -0.2) is 40.0 Å². The number of hydrogen-bond acceptors (Lipinski definition) is 4. The van der Waals surface area contributed by atoms with E-state index in [-0.39, 0.29) is 36.8 Å². The second-order valence-corrected chi connectivity index (χ2v) is 9.21. The van der Waals surface area contributed by atoms with Crippen molar-refractivity contribution in [2.45, 2.75) is 43.8 Å². The minimum atomic E-state index is -4.99. The van der Waals surface area contributed by atoms with E-state index in [1.165, 1.54) is 11.8 Å². The maximum absolute atomic E-state index is 13.4.